The molecule has 0 saturated carbocycles. The second kappa shape index (κ2) is 6.70. The number of aromatic amines is 1. The van der Waals surface area contributed by atoms with Gasteiger partial charge in [-0.1, -0.05) is 0 Å². The highest BCUT2D eigenvalue weighted by Gasteiger charge is 2.56. The SMILES string of the molecule is Cc1cn([C@H]2C[C@H](O)[C@@H](C(O)P(=O)(O)[N+]3(C)CCCC3)O2)c(=O)[nH]c1=O. The molecule has 0 spiro atoms. The number of hydrogen-bond acceptors (Lipinski definition) is 6. The van der Waals surface area contributed by atoms with Gasteiger partial charge in [-0.05, 0) is 6.92 Å². The largest absolute Gasteiger partial charge is 0.410 e. The number of hydrogen-bond donors (Lipinski definition) is 4. The molecule has 1 aromatic rings. The van der Waals surface area contributed by atoms with Crippen LogP contribution < -0.4 is 11.2 Å². The van der Waals surface area contributed by atoms with Crippen molar-refractivity contribution in [3.05, 3.63) is 32.6 Å². The molecule has 0 bridgehead atoms. The van der Waals surface area contributed by atoms with Gasteiger partial charge in [0, 0.05) is 31.0 Å². The molecule has 0 radical (unpaired) electrons. The van der Waals surface area contributed by atoms with Gasteiger partial charge in [0.15, 0.2) is 0 Å². The maximum absolute atomic E-state index is 12.9. The normalized spacial score (nSPS) is 31.7. The summed E-state index contributed by atoms with van der Waals surface area (Å²) in [6, 6.07) is 0. The van der Waals surface area contributed by atoms with E-state index >= 15 is 0 Å². The van der Waals surface area contributed by atoms with Crippen LogP contribution in [0.2, 0.25) is 0 Å². The first-order chi connectivity index (χ1) is 12.1. The van der Waals surface area contributed by atoms with Gasteiger partial charge in [0.05, 0.1) is 26.2 Å². The summed E-state index contributed by atoms with van der Waals surface area (Å²) in [6.07, 6.45) is -0.629. The van der Waals surface area contributed by atoms with Crippen molar-refractivity contribution in [2.24, 2.45) is 0 Å². The van der Waals surface area contributed by atoms with Crippen molar-refractivity contribution in [3.63, 3.8) is 0 Å². The molecular formula is C15H25N3O7P+. The zero-order chi connectivity index (χ0) is 19.3. The average Bonchev–Trinajstić information content (AvgIpc) is 3.17. The van der Waals surface area contributed by atoms with Gasteiger partial charge in [-0.3, -0.25) is 23.5 Å². The Morgan fingerprint density at radius 1 is 1.38 bits per heavy atom. The first kappa shape index (κ1) is 19.5. The van der Waals surface area contributed by atoms with Gasteiger partial charge in [-0.2, -0.15) is 0 Å². The van der Waals surface area contributed by atoms with Crippen molar-refractivity contribution in [2.45, 2.75) is 50.5 Å². The number of aliphatic hydroxyl groups excluding tert-OH is 2. The Bertz CT molecular complexity index is 844. The molecule has 0 aliphatic carbocycles. The minimum Gasteiger partial charge on any atom is -0.390 e. The quantitative estimate of drug-likeness (QED) is 0.495. The van der Waals surface area contributed by atoms with Crippen LogP contribution in [0, 0.1) is 6.92 Å². The van der Waals surface area contributed by atoms with Crippen LogP contribution in [0.25, 0.3) is 0 Å². The van der Waals surface area contributed by atoms with Crippen molar-refractivity contribution in [1.29, 1.82) is 0 Å². The lowest BCUT2D eigenvalue weighted by Gasteiger charge is -2.37. The van der Waals surface area contributed by atoms with Gasteiger partial charge < -0.3 is 14.9 Å². The summed E-state index contributed by atoms with van der Waals surface area (Å²) in [5, 5.41) is 20.8. The molecule has 11 heteroatoms. The van der Waals surface area contributed by atoms with Crippen molar-refractivity contribution in [2.75, 3.05) is 20.1 Å². The van der Waals surface area contributed by atoms with Gasteiger partial charge >= 0.3 is 13.2 Å². The highest BCUT2D eigenvalue weighted by atomic mass is 31.2. The Hall–Kier alpha value is -1.29. The smallest absolute Gasteiger partial charge is 0.390 e. The molecule has 2 aliphatic heterocycles. The summed E-state index contributed by atoms with van der Waals surface area (Å²) in [6.45, 7) is 2.46. The van der Waals surface area contributed by atoms with Crippen molar-refractivity contribution >= 4 is 7.52 Å². The number of nitrogens with zero attached hydrogens (tertiary/aromatic N) is 2. The number of H-pyrrole nitrogens is 1. The third-order valence-corrected chi connectivity index (χ3v) is 8.22. The molecule has 3 rings (SSSR count). The topological polar surface area (TPSA) is 142 Å². The number of nitrogens with one attached hydrogen (secondary N) is 1. The van der Waals surface area contributed by atoms with Crippen molar-refractivity contribution in [1.82, 2.24) is 9.55 Å². The van der Waals surface area contributed by atoms with Crippen LogP contribution in [0.3, 0.4) is 0 Å². The molecule has 4 N–H and O–H groups in total. The number of quaternary nitrogens is 1. The summed E-state index contributed by atoms with van der Waals surface area (Å²) in [5.41, 5.74) is -0.944. The second-order valence-electron chi connectivity index (χ2n) is 7.33. The highest BCUT2D eigenvalue weighted by molar-refractivity contribution is 7.52. The van der Waals surface area contributed by atoms with Crippen LogP contribution in [0.1, 0.15) is 31.1 Å². The van der Waals surface area contributed by atoms with E-state index in [1.54, 1.807) is 7.05 Å². The molecule has 0 aromatic carbocycles. The minimum atomic E-state index is -4.11. The van der Waals surface area contributed by atoms with Crippen LogP contribution in [0.5, 0.6) is 0 Å². The van der Waals surface area contributed by atoms with Crippen LogP contribution in [-0.2, 0) is 9.30 Å². The number of ether oxygens (including phenoxy) is 1. The van der Waals surface area contributed by atoms with Gasteiger partial charge in [0.1, 0.15) is 12.3 Å². The maximum atomic E-state index is 12.9. The Labute approximate surface area is 149 Å². The monoisotopic (exact) mass is 390 g/mol. The molecule has 2 saturated heterocycles. The molecule has 146 valence electrons. The number of aromatic nitrogens is 2. The molecule has 3 heterocycles. The summed E-state index contributed by atoms with van der Waals surface area (Å²) in [5.74, 6) is -1.77. The zero-order valence-electron chi connectivity index (χ0n) is 14.7. The molecule has 5 atom stereocenters. The number of rotatable bonds is 4. The van der Waals surface area contributed by atoms with Gasteiger partial charge in [0.2, 0.25) is 5.85 Å². The van der Waals surface area contributed by atoms with E-state index in [9.17, 15) is 29.3 Å². The first-order valence-corrected chi connectivity index (χ1v) is 10.3. The molecule has 10 nitrogen and oxygen atoms in total. The Kier molecular flexibility index (Phi) is 5.02. The van der Waals surface area contributed by atoms with Gasteiger partial charge in [-0.25, -0.2) is 9.36 Å². The minimum absolute atomic E-state index is 0.0448. The van der Waals surface area contributed by atoms with E-state index in [0.717, 1.165) is 17.4 Å². The van der Waals surface area contributed by atoms with Crippen LogP contribution in [0.4, 0.5) is 0 Å². The molecule has 1 aromatic heterocycles. The van der Waals surface area contributed by atoms with Gasteiger partial charge in [-0.15, -0.1) is 0 Å². The van der Waals surface area contributed by atoms with Gasteiger partial charge in [0.25, 0.3) is 5.56 Å². The van der Waals surface area contributed by atoms with Crippen LogP contribution >= 0.6 is 7.52 Å². The fourth-order valence-corrected chi connectivity index (χ4v) is 5.78. The Morgan fingerprint density at radius 3 is 2.62 bits per heavy atom. The van der Waals surface area contributed by atoms with Crippen LogP contribution in [0.15, 0.2) is 15.8 Å². The number of aryl methyl sites for hydroxylation is 1. The molecule has 2 unspecified atom stereocenters. The van der Waals surface area contributed by atoms with Crippen molar-refractivity contribution < 1.29 is 28.7 Å². The zero-order valence-corrected chi connectivity index (χ0v) is 15.6. The fourth-order valence-electron chi connectivity index (χ4n) is 3.70. The van der Waals surface area contributed by atoms with E-state index in [2.05, 4.69) is 4.98 Å². The molecule has 0 amide bonds. The van der Waals surface area contributed by atoms with E-state index in [0.29, 0.717) is 13.1 Å². The predicted molar refractivity (Wildman–Crippen MR) is 91.6 cm³/mol. The molecule has 2 fully saturated rings. The lowest BCUT2D eigenvalue weighted by molar-refractivity contribution is -0.784. The van der Waals surface area contributed by atoms with E-state index in [1.807, 2.05) is 0 Å². The summed E-state index contributed by atoms with van der Waals surface area (Å²) in [7, 11) is -2.50. The van der Waals surface area contributed by atoms with E-state index in [1.165, 1.54) is 13.1 Å². The van der Waals surface area contributed by atoms with Crippen LogP contribution in [-0.4, -0.2) is 67.1 Å². The van der Waals surface area contributed by atoms with E-state index < -0.39 is 43.0 Å². The number of likely N-dealkylation sites (tertiary alicyclic amines) is 1. The standard InChI is InChI=1S/C15H24N3O7P/c1-9-8-17(15(22)16-13(9)20)11-7-10(19)12(25-11)14(21)26(23,24)18(2)5-3-4-6-18/h8,10-12,14,19,21H,3-7H2,1-2H3,(H-,16,20,22,23,24)/p+1/t10-,11+,12-,14?/m0/s1. The first-order valence-electron chi connectivity index (χ1n) is 8.58. The Balaban J connectivity index is 1.85. The number of aliphatic hydroxyl groups is 2. The third-order valence-electron chi connectivity index (χ3n) is 5.45. The molecular weight excluding hydrogens is 365 g/mol. The highest BCUT2D eigenvalue weighted by Crippen LogP contribution is 2.58. The van der Waals surface area contributed by atoms with E-state index in [4.69, 9.17) is 4.74 Å². The lowest BCUT2D eigenvalue weighted by atomic mass is 10.2. The molecule has 2 aliphatic rings. The summed E-state index contributed by atoms with van der Waals surface area (Å²) in [4.78, 5) is 36.2. The second-order valence-corrected chi connectivity index (χ2v) is 10.0. The Morgan fingerprint density at radius 2 is 2.00 bits per heavy atom. The fraction of sp³-hybridized carbons (Fsp3) is 0.733. The molecule has 26 heavy (non-hydrogen) atoms. The maximum Gasteiger partial charge on any atom is 0.410 e. The summed E-state index contributed by atoms with van der Waals surface area (Å²) >= 11 is 0. The predicted octanol–water partition coefficient (Wildman–Crippen LogP) is -0.762. The third kappa shape index (κ3) is 3.11. The average molecular weight is 390 g/mol. The summed E-state index contributed by atoms with van der Waals surface area (Å²) < 4.78 is 19.5. The lowest BCUT2D eigenvalue weighted by Crippen LogP contribution is -2.46. The van der Waals surface area contributed by atoms with Crippen molar-refractivity contribution in [3.8, 4) is 0 Å². The van der Waals surface area contributed by atoms with E-state index in [-0.39, 0.29) is 16.2 Å².